The molecule has 0 radical (unpaired) electrons. The average molecular weight is 204 g/mol. The third-order valence-electron chi connectivity index (χ3n) is 2.18. The maximum Gasteiger partial charge on any atom is 0.304 e. The Kier molecular flexibility index (Phi) is 4.06. The lowest BCUT2D eigenvalue weighted by atomic mass is 10.3. The molecular weight excluding hydrogens is 188 g/mol. The van der Waals surface area contributed by atoms with Crippen molar-refractivity contribution in [3.05, 3.63) is 0 Å². The van der Waals surface area contributed by atoms with E-state index in [1.807, 2.05) is 6.92 Å². The molecule has 13 heavy (non-hydrogen) atoms. The number of carbonyl (C=O) groups is 1. The van der Waals surface area contributed by atoms with Gasteiger partial charge in [-0.2, -0.15) is 11.8 Å². The van der Waals surface area contributed by atoms with Crippen molar-refractivity contribution in [1.29, 1.82) is 0 Å². The van der Waals surface area contributed by atoms with Crippen LogP contribution in [-0.4, -0.2) is 34.3 Å². The van der Waals surface area contributed by atoms with Crippen molar-refractivity contribution < 1.29 is 14.6 Å². The summed E-state index contributed by atoms with van der Waals surface area (Å²) in [4.78, 5) is 10.4. The van der Waals surface area contributed by atoms with Gasteiger partial charge in [0.2, 0.25) is 0 Å². The first-order valence-corrected chi connectivity index (χ1v) is 5.52. The molecule has 76 valence electrons. The first kappa shape index (κ1) is 10.9. The van der Waals surface area contributed by atoms with Crippen LogP contribution < -0.4 is 0 Å². The zero-order valence-electron chi connectivity index (χ0n) is 8.03. The van der Waals surface area contributed by atoms with Gasteiger partial charge in [0.25, 0.3) is 0 Å². The smallest absolute Gasteiger partial charge is 0.304 e. The molecule has 1 aliphatic rings. The SMILES string of the molecule is CC(CC(=O)O)SC1CCOC1C. The van der Waals surface area contributed by atoms with Crippen molar-refractivity contribution in [3.63, 3.8) is 0 Å². The Labute approximate surface area is 82.8 Å². The standard InChI is InChI=1S/C9H16O3S/c1-6(5-9(10)11)13-8-3-4-12-7(8)2/h6-8H,3-5H2,1-2H3,(H,10,11). The van der Waals surface area contributed by atoms with Gasteiger partial charge < -0.3 is 9.84 Å². The molecule has 3 atom stereocenters. The Bertz CT molecular complexity index is 184. The van der Waals surface area contributed by atoms with Crippen LogP contribution in [-0.2, 0) is 9.53 Å². The van der Waals surface area contributed by atoms with E-state index in [9.17, 15) is 4.79 Å². The molecule has 0 aromatic carbocycles. The fourth-order valence-corrected chi connectivity index (χ4v) is 2.85. The van der Waals surface area contributed by atoms with E-state index >= 15 is 0 Å². The summed E-state index contributed by atoms with van der Waals surface area (Å²) < 4.78 is 5.40. The predicted octanol–water partition coefficient (Wildman–Crippen LogP) is 1.76. The Balaban J connectivity index is 2.26. The topological polar surface area (TPSA) is 46.5 Å². The van der Waals surface area contributed by atoms with Crippen molar-refractivity contribution in [2.75, 3.05) is 6.61 Å². The molecule has 1 saturated heterocycles. The number of ether oxygens (including phenoxy) is 1. The summed E-state index contributed by atoms with van der Waals surface area (Å²) in [7, 11) is 0. The molecule has 0 saturated carbocycles. The normalized spacial score (nSPS) is 30.3. The summed E-state index contributed by atoms with van der Waals surface area (Å²) in [5.41, 5.74) is 0. The van der Waals surface area contributed by atoms with E-state index in [4.69, 9.17) is 9.84 Å². The minimum absolute atomic E-state index is 0.187. The van der Waals surface area contributed by atoms with Gasteiger partial charge >= 0.3 is 5.97 Å². The van der Waals surface area contributed by atoms with Crippen LogP contribution in [0.15, 0.2) is 0 Å². The molecule has 1 fully saturated rings. The monoisotopic (exact) mass is 204 g/mol. The summed E-state index contributed by atoms with van der Waals surface area (Å²) in [6, 6.07) is 0. The van der Waals surface area contributed by atoms with E-state index in [2.05, 4.69) is 6.92 Å². The second kappa shape index (κ2) is 4.86. The number of hydrogen-bond donors (Lipinski definition) is 1. The Morgan fingerprint density at radius 1 is 1.77 bits per heavy atom. The van der Waals surface area contributed by atoms with E-state index < -0.39 is 5.97 Å². The number of carboxylic acids is 1. The third-order valence-corrected chi connectivity index (χ3v) is 3.78. The summed E-state index contributed by atoms with van der Waals surface area (Å²) in [6.07, 6.45) is 1.57. The Hall–Kier alpha value is -0.220. The van der Waals surface area contributed by atoms with E-state index in [0.29, 0.717) is 5.25 Å². The first-order valence-electron chi connectivity index (χ1n) is 4.58. The molecule has 1 N–H and O–H groups in total. The summed E-state index contributed by atoms with van der Waals surface area (Å²) >= 11 is 1.74. The maximum absolute atomic E-state index is 10.4. The van der Waals surface area contributed by atoms with E-state index in [-0.39, 0.29) is 17.8 Å². The van der Waals surface area contributed by atoms with Gasteiger partial charge in [0.05, 0.1) is 12.5 Å². The Morgan fingerprint density at radius 2 is 2.46 bits per heavy atom. The molecule has 0 bridgehead atoms. The van der Waals surface area contributed by atoms with Crippen LogP contribution in [0, 0.1) is 0 Å². The van der Waals surface area contributed by atoms with Gasteiger partial charge in [-0.25, -0.2) is 0 Å². The van der Waals surface area contributed by atoms with Gasteiger partial charge in [-0.15, -0.1) is 0 Å². The fourth-order valence-electron chi connectivity index (χ4n) is 1.48. The molecule has 0 aromatic rings. The molecule has 1 aliphatic heterocycles. The molecule has 1 heterocycles. The first-order chi connectivity index (χ1) is 6.09. The van der Waals surface area contributed by atoms with Gasteiger partial charge in [0.15, 0.2) is 0 Å². The number of hydrogen-bond acceptors (Lipinski definition) is 3. The van der Waals surface area contributed by atoms with E-state index in [1.54, 1.807) is 11.8 Å². The molecular formula is C9H16O3S. The zero-order chi connectivity index (χ0) is 9.84. The predicted molar refractivity (Wildman–Crippen MR) is 53.1 cm³/mol. The molecule has 0 aromatic heterocycles. The molecule has 0 aliphatic carbocycles. The quantitative estimate of drug-likeness (QED) is 0.758. The molecule has 0 spiro atoms. The molecule has 4 heteroatoms. The van der Waals surface area contributed by atoms with Crippen molar-refractivity contribution in [3.8, 4) is 0 Å². The largest absolute Gasteiger partial charge is 0.481 e. The minimum atomic E-state index is -0.716. The average Bonchev–Trinajstić information content (AvgIpc) is 2.34. The third kappa shape index (κ3) is 3.56. The van der Waals surface area contributed by atoms with Crippen molar-refractivity contribution in [2.45, 2.75) is 43.3 Å². The van der Waals surface area contributed by atoms with Crippen LogP contribution in [0.5, 0.6) is 0 Å². The summed E-state index contributed by atoms with van der Waals surface area (Å²) in [6.45, 7) is 4.83. The van der Waals surface area contributed by atoms with Crippen molar-refractivity contribution in [2.24, 2.45) is 0 Å². The van der Waals surface area contributed by atoms with E-state index in [0.717, 1.165) is 13.0 Å². The summed E-state index contributed by atoms with van der Waals surface area (Å²) in [5, 5.41) is 9.25. The van der Waals surface area contributed by atoms with Gasteiger partial charge in [-0.3, -0.25) is 4.79 Å². The highest BCUT2D eigenvalue weighted by atomic mass is 32.2. The van der Waals surface area contributed by atoms with Crippen molar-refractivity contribution >= 4 is 17.7 Å². The molecule has 0 amide bonds. The maximum atomic E-state index is 10.4. The van der Waals surface area contributed by atoms with E-state index in [1.165, 1.54) is 0 Å². The fraction of sp³-hybridized carbons (Fsp3) is 0.889. The molecule has 1 rings (SSSR count). The zero-order valence-corrected chi connectivity index (χ0v) is 8.84. The number of rotatable bonds is 4. The van der Waals surface area contributed by atoms with Crippen molar-refractivity contribution in [1.82, 2.24) is 0 Å². The second-order valence-electron chi connectivity index (χ2n) is 3.45. The number of aliphatic carboxylic acids is 1. The van der Waals surface area contributed by atoms with Crippen LogP contribution in [0.2, 0.25) is 0 Å². The molecule has 3 unspecified atom stereocenters. The van der Waals surface area contributed by atoms with Crippen LogP contribution in [0.25, 0.3) is 0 Å². The van der Waals surface area contributed by atoms with Crippen LogP contribution in [0.1, 0.15) is 26.7 Å². The highest BCUT2D eigenvalue weighted by molar-refractivity contribution is 8.00. The highest BCUT2D eigenvalue weighted by Crippen LogP contribution is 2.30. The molecule has 3 nitrogen and oxygen atoms in total. The van der Waals surface area contributed by atoms with Gasteiger partial charge in [-0.05, 0) is 13.3 Å². The number of carboxylic acid groups (broad SMARTS) is 1. The second-order valence-corrected chi connectivity index (χ2v) is 5.13. The Morgan fingerprint density at radius 3 is 2.92 bits per heavy atom. The summed E-state index contributed by atoms with van der Waals surface area (Å²) in [5.74, 6) is -0.716. The highest BCUT2D eigenvalue weighted by Gasteiger charge is 2.26. The van der Waals surface area contributed by atoms with Crippen LogP contribution in [0.4, 0.5) is 0 Å². The van der Waals surface area contributed by atoms with Gasteiger partial charge in [0, 0.05) is 17.1 Å². The lowest BCUT2D eigenvalue weighted by molar-refractivity contribution is -0.136. The van der Waals surface area contributed by atoms with Crippen LogP contribution in [0.3, 0.4) is 0 Å². The minimum Gasteiger partial charge on any atom is -0.481 e. The van der Waals surface area contributed by atoms with Gasteiger partial charge in [-0.1, -0.05) is 6.92 Å². The number of thioether (sulfide) groups is 1. The lowest BCUT2D eigenvalue weighted by Gasteiger charge is -2.17. The lowest BCUT2D eigenvalue weighted by Crippen LogP contribution is -2.18. The van der Waals surface area contributed by atoms with Gasteiger partial charge in [0.1, 0.15) is 0 Å². The van der Waals surface area contributed by atoms with Crippen LogP contribution >= 0.6 is 11.8 Å².